The number of allylic oxidation sites excluding steroid dienone is 1. The molecule has 1 unspecified atom stereocenters. The summed E-state index contributed by atoms with van der Waals surface area (Å²) < 4.78 is 0. The highest BCUT2D eigenvalue weighted by molar-refractivity contribution is 6.01. The molecule has 0 amide bonds. The molecule has 1 heterocycles. The second-order valence-corrected chi connectivity index (χ2v) is 8.29. The van der Waals surface area contributed by atoms with Gasteiger partial charge in [0.1, 0.15) is 0 Å². The summed E-state index contributed by atoms with van der Waals surface area (Å²) in [5.74, 6) is 0. The minimum absolute atomic E-state index is 0.229. The Morgan fingerprint density at radius 3 is 2.23 bits per heavy atom. The van der Waals surface area contributed by atoms with Crippen molar-refractivity contribution in [2.45, 2.75) is 51.5 Å². The molecule has 2 heteroatoms. The Balaban J connectivity index is 1.53. The lowest BCUT2D eigenvalue weighted by Crippen LogP contribution is -2.18. The minimum atomic E-state index is 0.229. The van der Waals surface area contributed by atoms with Crippen LogP contribution < -0.4 is 5.01 Å². The summed E-state index contributed by atoms with van der Waals surface area (Å²) in [6.07, 6.45) is 11.6. The Morgan fingerprint density at radius 2 is 1.52 bits per heavy atom. The summed E-state index contributed by atoms with van der Waals surface area (Å²) in [6.45, 7) is 2.26. The fourth-order valence-corrected chi connectivity index (χ4v) is 4.13. The van der Waals surface area contributed by atoms with Crippen LogP contribution in [0, 0.1) is 0 Å². The Labute approximate surface area is 186 Å². The molecule has 4 rings (SSSR count). The lowest BCUT2D eigenvalue weighted by Gasteiger charge is -2.24. The van der Waals surface area contributed by atoms with E-state index in [0.717, 1.165) is 24.2 Å². The van der Waals surface area contributed by atoms with E-state index in [1.165, 1.54) is 42.4 Å². The Kier molecular flexibility index (Phi) is 7.33. The van der Waals surface area contributed by atoms with Crippen molar-refractivity contribution in [3.63, 3.8) is 0 Å². The van der Waals surface area contributed by atoms with Crippen LogP contribution in [0.5, 0.6) is 0 Å². The van der Waals surface area contributed by atoms with E-state index in [1.807, 2.05) is 6.07 Å². The molecule has 0 aromatic heterocycles. The highest BCUT2D eigenvalue weighted by Gasteiger charge is 2.28. The lowest BCUT2D eigenvalue weighted by molar-refractivity contribution is 0.666. The number of rotatable bonds is 9. The number of hydrogen-bond donors (Lipinski definition) is 0. The van der Waals surface area contributed by atoms with Crippen LogP contribution in [-0.4, -0.2) is 5.71 Å². The second kappa shape index (κ2) is 10.8. The molecule has 1 aliphatic heterocycles. The monoisotopic (exact) mass is 408 g/mol. The van der Waals surface area contributed by atoms with E-state index >= 15 is 0 Å². The lowest BCUT2D eigenvalue weighted by atomic mass is 10.0. The fourth-order valence-electron chi connectivity index (χ4n) is 4.13. The molecule has 0 saturated carbocycles. The highest BCUT2D eigenvalue weighted by Crippen LogP contribution is 2.35. The van der Waals surface area contributed by atoms with Crippen molar-refractivity contribution < 1.29 is 0 Å². The third kappa shape index (κ3) is 5.73. The van der Waals surface area contributed by atoms with Gasteiger partial charge in [-0.1, -0.05) is 105 Å². The first-order valence-corrected chi connectivity index (χ1v) is 11.6. The quantitative estimate of drug-likeness (QED) is 0.329. The number of anilines is 1. The van der Waals surface area contributed by atoms with Crippen molar-refractivity contribution in [3.8, 4) is 0 Å². The zero-order valence-corrected chi connectivity index (χ0v) is 18.5. The van der Waals surface area contributed by atoms with Gasteiger partial charge >= 0.3 is 0 Å². The van der Waals surface area contributed by atoms with Gasteiger partial charge in [-0.05, 0) is 47.7 Å². The molecule has 2 nitrogen and oxygen atoms in total. The van der Waals surface area contributed by atoms with Gasteiger partial charge in [0.2, 0.25) is 0 Å². The molecule has 0 aliphatic carbocycles. The zero-order chi connectivity index (χ0) is 21.3. The van der Waals surface area contributed by atoms with Gasteiger partial charge in [-0.3, -0.25) is 5.01 Å². The molecule has 0 radical (unpaired) electrons. The van der Waals surface area contributed by atoms with Gasteiger partial charge < -0.3 is 0 Å². The van der Waals surface area contributed by atoms with Crippen molar-refractivity contribution in [3.05, 3.63) is 108 Å². The van der Waals surface area contributed by atoms with Gasteiger partial charge in [-0.15, -0.1) is 0 Å². The second-order valence-electron chi connectivity index (χ2n) is 8.29. The molecule has 31 heavy (non-hydrogen) atoms. The van der Waals surface area contributed by atoms with Gasteiger partial charge in [0, 0.05) is 6.42 Å². The maximum absolute atomic E-state index is 5.01. The van der Waals surface area contributed by atoms with Crippen molar-refractivity contribution in [2.75, 3.05) is 5.01 Å². The van der Waals surface area contributed by atoms with Crippen LogP contribution >= 0.6 is 0 Å². The molecule has 3 aromatic rings. The maximum atomic E-state index is 5.01. The number of aryl methyl sites for hydroxylation is 1. The maximum Gasteiger partial charge on any atom is 0.0831 e. The van der Waals surface area contributed by atoms with E-state index in [1.54, 1.807) is 0 Å². The first kappa shape index (κ1) is 21.1. The SMILES string of the molecule is CCCCCCc1ccc(N2N=C(C=Cc3ccccc3)CC2c2ccccc2)cc1. The van der Waals surface area contributed by atoms with E-state index in [2.05, 4.69) is 103 Å². The third-order valence-electron chi connectivity index (χ3n) is 5.91. The molecule has 1 atom stereocenters. The highest BCUT2D eigenvalue weighted by atomic mass is 15.5. The topological polar surface area (TPSA) is 15.6 Å². The van der Waals surface area contributed by atoms with Crippen LogP contribution in [-0.2, 0) is 6.42 Å². The van der Waals surface area contributed by atoms with Crippen LogP contribution in [0.3, 0.4) is 0 Å². The third-order valence-corrected chi connectivity index (χ3v) is 5.91. The number of hydrogen-bond acceptors (Lipinski definition) is 2. The van der Waals surface area contributed by atoms with Crippen molar-refractivity contribution in [1.82, 2.24) is 0 Å². The first-order chi connectivity index (χ1) is 15.3. The van der Waals surface area contributed by atoms with E-state index in [4.69, 9.17) is 5.10 Å². The largest absolute Gasteiger partial charge is 0.257 e. The predicted molar refractivity (Wildman–Crippen MR) is 133 cm³/mol. The molecule has 0 N–H and O–H groups in total. The molecule has 0 fully saturated rings. The van der Waals surface area contributed by atoms with Crippen LogP contribution in [0.25, 0.3) is 6.08 Å². The molecule has 1 aliphatic rings. The van der Waals surface area contributed by atoms with E-state index in [9.17, 15) is 0 Å². The summed E-state index contributed by atoms with van der Waals surface area (Å²) in [5.41, 5.74) is 6.20. The van der Waals surface area contributed by atoms with Gasteiger partial charge in [0.25, 0.3) is 0 Å². The molecule has 3 aromatic carbocycles. The summed E-state index contributed by atoms with van der Waals surface area (Å²) in [4.78, 5) is 0. The van der Waals surface area contributed by atoms with E-state index < -0.39 is 0 Å². The Hall–Kier alpha value is -3.13. The zero-order valence-electron chi connectivity index (χ0n) is 18.5. The van der Waals surface area contributed by atoms with E-state index in [0.29, 0.717) is 0 Å². The Bertz CT molecular complexity index is 988. The van der Waals surface area contributed by atoms with Crippen molar-refractivity contribution in [1.29, 1.82) is 0 Å². The van der Waals surface area contributed by atoms with Gasteiger partial charge in [-0.25, -0.2) is 0 Å². The summed E-state index contributed by atoms with van der Waals surface area (Å²) in [7, 11) is 0. The number of benzene rings is 3. The van der Waals surface area contributed by atoms with Crippen LogP contribution in [0.15, 0.2) is 96.1 Å². The minimum Gasteiger partial charge on any atom is -0.257 e. The predicted octanol–water partition coefficient (Wildman–Crippen LogP) is 7.83. The Morgan fingerprint density at radius 1 is 0.806 bits per heavy atom. The average molecular weight is 409 g/mol. The molecule has 0 bridgehead atoms. The van der Waals surface area contributed by atoms with Gasteiger partial charge in [0.15, 0.2) is 0 Å². The van der Waals surface area contributed by atoms with Gasteiger partial charge in [-0.2, -0.15) is 5.10 Å². The summed E-state index contributed by atoms with van der Waals surface area (Å²) in [5, 5.41) is 7.21. The fraction of sp³-hybridized carbons (Fsp3) is 0.276. The number of unbranched alkanes of at least 4 members (excludes halogenated alkanes) is 3. The first-order valence-electron chi connectivity index (χ1n) is 11.6. The number of nitrogens with zero attached hydrogens (tertiary/aromatic N) is 2. The van der Waals surface area contributed by atoms with E-state index in [-0.39, 0.29) is 6.04 Å². The summed E-state index contributed by atoms with van der Waals surface area (Å²) in [6, 6.07) is 30.4. The van der Waals surface area contributed by atoms with Crippen LogP contribution in [0.4, 0.5) is 5.69 Å². The number of hydrazone groups is 1. The molecule has 0 saturated heterocycles. The van der Waals surface area contributed by atoms with Crippen LogP contribution in [0.2, 0.25) is 0 Å². The van der Waals surface area contributed by atoms with Gasteiger partial charge in [0.05, 0.1) is 17.4 Å². The van der Waals surface area contributed by atoms with Crippen molar-refractivity contribution in [2.24, 2.45) is 5.10 Å². The molecule has 158 valence electrons. The molecule has 0 spiro atoms. The normalized spacial score (nSPS) is 16.1. The smallest absolute Gasteiger partial charge is 0.0831 e. The standard InChI is InChI=1S/C29H32N2/c1-2-3-4-7-14-25-18-21-28(22-19-25)31-29(26-15-10-6-11-16-26)23-27(30-31)20-17-24-12-8-5-9-13-24/h5-6,8-13,15-22,29H,2-4,7,14,23H2,1H3. The van der Waals surface area contributed by atoms with Crippen molar-refractivity contribution >= 4 is 17.5 Å². The average Bonchev–Trinajstić information content (AvgIpc) is 3.27. The van der Waals surface area contributed by atoms with Crippen LogP contribution in [0.1, 0.15) is 61.8 Å². The molecular formula is C29H32N2. The molecular weight excluding hydrogens is 376 g/mol. The summed E-state index contributed by atoms with van der Waals surface area (Å²) >= 11 is 0.